The Bertz CT molecular complexity index is 445. The number of aliphatic hydroxyl groups is 1. The van der Waals surface area contributed by atoms with Gasteiger partial charge >= 0.3 is 0 Å². The van der Waals surface area contributed by atoms with Gasteiger partial charge in [-0.05, 0) is 36.5 Å². The van der Waals surface area contributed by atoms with Crippen molar-refractivity contribution in [2.45, 2.75) is 18.9 Å². The minimum Gasteiger partial charge on any atom is -0.387 e. The SMILES string of the molecule is OC1/C(=C/c2ccccc2Br)N2CCC1CC2. The van der Waals surface area contributed by atoms with Gasteiger partial charge in [0, 0.05) is 23.3 Å². The summed E-state index contributed by atoms with van der Waals surface area (Å²) in [5.74, 6) is 0.466. The molecule has 3 saturated heterocycles. The Hall–Kier alpha value is -0.800. The third-order valence-electron chi connectivity index (χ3n) is 3.86. The van der Waals surface area contributed by atoms with Gasteiger partial charge in [-0.2, -0.15) is 0 Å². The van der Waals surface area contributed by atoms with Gasteiger partial charge in [0.1, 0.15) is 0 Å². The molecule has 2 nitrogen and oxygen atoms in total. The number of aliphatic hydroxyl groups excluding tert-OH is 1. The molecule has 0 radical (unpaired) electrons. The second-order valence-corrected chi connectivity index (χ2v) is 5.71. The van der Waals surface area contributed by atoms with Crippen LogP contribution in [0.15, 0.2) is 34.4 Å². The summed E-state index contributed by atoms with van der Waals surface area (Å²) >= 11 is 3.55. The standard InChI is InChI=1S/C14H16BrNO/c15-12-4-2-1-3-11(12)9-13-14(17)10-5-7-16(13)8-6-10/h1-4,9-10,14,17H,5-8H2/b13-9-. The molecule has 3 aliphatic rings. The summed E-state index contributed by atoms with van der Waals surface area (Å²) in [7, 11) is 0. The van der Waals surface area contributed by atoms with Crippen molar-refractivity contribution in [1.29, 1.82) is 0 Å². The molecular formula is C14H16BrNO. The van der Waals surface area contributed by atoms with Crippen LogP contribution in [-0.4, -0.2) is 29.2 Å². The Balaban J connectivity index is 1.96. The van der Waals surface area contributed by atoms with E-state index in [0.29, 0.717) is 5.92 Å². The smallest absolute Gasteiger partial charge is 0.0965 e. The highest BCUT2D eigenvalue weighted by Crippen LogP contribution is 2.36. The molecule has 0 amide bonds. The second kappa shape index (κ2) is 4.46. The average molecular weight is 294 g/mol. The summed E-state index contributed by atoms with van der Waals surface area (Å²) in [6, 6.07) is 8.15. The van der Waals surface area contributed by atoms with Crippen LogP contribution in [0.2, 0.25) is 0 Å². The first-order valence-corrected chi connectivity index (χ1v) is 6.94. The minimum atomic E-state index is -0.274. The maximum atomic E-state index is 10.3. The van der Waals surface area contributed by atoms with E-state index in [1.165, 1.54) is 0 Å². The van der Waals surface area contributed by atoms with Crippen molar-refractivity contribution < 1.29 is 5.11 Å². The molecule has 1 aromatic carbocycles. The number of fused-ring (bicyclic) bond motifs is 3. The molecule has 3 heterocycles. The van der Waals surface area contributed by atoms with Gasteiger partial charge in [0.15, 0.2) is 0 Å². The van der Waals surface area contributed by atoms with Crippen LogP contribution in [0.1, 0.15) is 18.4 Å². The van der Waals surface area contributed by atoms with E-state index in [1.54, 1.807) is 0 Å². The first-order chi connectivity index (χ1) is 8.25. The summed E-state index contributed by atoms with van der Waals surface area (Å²) in [6.45, 7) is 2.19. The number of hydrogen-bond donors (Lipinski definition) is 1. The fourth-order valence-electron chi connectivity index (χ4n) is 2.83. The Morgan fingerprint density at radius 1 is 1.24 bits per heavy atom. The van der Waals surface area contributed by atoms with Crippen LogP contribution in [-0.2, 0) is 0 Å². The molecule has 1 aromatic rings. The highest BCUT2D eigenvalue weighted by Gasteiger charge is 2.36. The molecule has 17 heavy (non-hydrogen) atoms. The number of benzene rings is 1. The van der Waals surface area contributed by atoms with Crippen molar-refractivity contribution in [1.82, 2.24) is 4.90 Å². The molecule has 90 valence electrons. The van der Waals surface area contributed by atoms with Crippen molar-refractivity contribution >= 4 is 22.0 Å². The number of nitrogens with zero attached hydrogens (tertiary/aromatic N) is 1. The number of hydrogen-bond acceptors (Lipinski definition) is 2. The molecule has 0 aromatic heterocycles. The van der Waals surface area contributed by atoms with E-state index in [2.05, 4.69) is 33.0 Å². The fraction of sp³-hybridized carbons (Fsp3) is 0.429. The van der Waals surface area contributed by atoms with Gasteiger partial charge in [-0.3, -0.25) is 0 Å². The maximum Gasteiger partial charge on any atom is 0.0965 e. The molecule has 3 fully saturated rings. The fourth-order valence-corrected chi connectivity index (χ4v) is 3.23. The van der Waals surface area contributed by atoms with Crippen LogP contribution >= 0.6 is 15.9 Å². The summed E-state index contributed by atoms with van der Waals surface area (Å²) < 4.78 is 1.09. The normalized spacial score (nSPS) is 30.0. The van der Waals surface area contributed by atoms with E-state index < -0.39 is 0 Å². The van der Waals surface area contributed by atoms with E-state index in [9.17, 15) is 5.11 Å². The Labute approximate surface area is 110 Å². The van der Waals surface area contributed by atoms with Crippen LogP contribution in [0, 0.1) is 5.92 Å². The van der Waals surface area contributed by atoms with Crippen molar-refractivity contribution in [2.75, 3.05) is 13.1 Å². The molecule has 1 N–H and O–H groups in total. The van der Waals surface area contributed by atoms with E-state index in [1.807, 2.05) is 18.2 Å². The number of halogens is 1. The Morgan fingerprint density at radius 2 is 1.94 bits per heavy atom. The second-order valence-electron chi connectivity index (χ2n) is 4.86. The van der Waals surface area contributed by atoms with Crippen LogP contribution < -0.4 is 0 Å². The monoisotopic (exact) mass is 293 g/mol. The molecular weight excluding hydrogens is 278 g/mol. The van der Waals surface area contributed by atoms with E-state index in [-0.39, 0.29) is 6.10 Å². The molecule has 4 rings (SSSR count). The van der Waals surface area contributed by atoms with Gasteiger partial charge in [-0.25, -0.2) is 0 Å². The molecule has 0 aliphatic carbocycles. The molecule has 1 atom stereocenters. The molecule has 1 unspecified atom stereocenters. The minimum absolute atomic E-state index is 0.274. The van der Waals surface area contributed by atoms with Gasteiger partial charge in [-0.15, -0.1) is 0 Å². The highest BCUT2D eigenvalue weighted by molar-refractivity contribution is 9.10. The Morgan fingerprint density at radius 3 is 2.59 bits per heavy atom. The molecule has 3 aliphatic heterocycles. The lowest BCUT2D eigenvalue weighted by Crippen LogP contribution is -2.48. The van der Waals surface area contributed by atoms with Crippen molar-refractivity contribution in [3.05, 3.63) is 40.0 Å². The van der Waals surface area contributed by atoms with Crippen LogP contribution in [0.4, 0.5) is 0 Å². The van der Waals surface area contributed by atoms with Gasteiger partial charge in [0.05, 0.1) is 6.10 Å². The summed E-state index contributed by atoms with van der Waals surface area (Å²) in [5.41, 5.74) is 2.24. The predicted octanol–water partition coefficient (Wildman–Crippen LogP) is 2.88. The summed E-state index contributed by atoms with van der Waals surface area (Å²) in [6.07, 6.45) is 4.12. The van der Waals surface area contributed by atoms with Gasteiger partial charge in [0.2, 0.25) is 0 Å². The topological polar surface area (TPSA) is 23.5 Å². The van der Waals surface area contributed by atoms with Crippen molar-refractivity contribution in [3.63, 3.8) is 0 Å². The van der Waals surface area contributed by atoms with Crippen molar-refractivity contribution in [3.8, 4) is 0 Å². The van der Waals surface area contributed by atoms with E-state index in [0.717, 1.165) is 41.7 Å². The predicted molar refractivity (Wildman–Crippen MR) is 72.4 cm³/mol. The lowest BCUT2D eigenvalue weighted by Gasteiger charge is -2.46. The molecule has 0 saturated carbocycles. The van der Waals surface area contributed by atoms with Gasteiger partial charge < -0.3 is 10.0 Å². The zero-order valence-corrected chi connectivity index (χ0v) is 11.2. The quantitative estimate of drug-likeness (QED) is 0.861. The maximum absolute atomic E-state index is 10.3. The number of piperidine rings is 3. The zero-order valence-electron chi connectivity index (χ0n) is 9.64. The zero-order chi connectivity index (χ0) is 11.8. The van der Waals surface area contributed by atoms with Gasteiger partial charge in [-0.1, -0.05) is 34.1 Å². The van der Waals surface area contributed by atoms with Crippen molar-refractivity contribution in [2.24, 2.45) is 5.92 Å². The highest BCUT2D eigenvalue weighted by atomic mass is 79.9. The lowest BCUT2D eigenvalue weighted by atomic mass is 9.83. The average Bonchev–Trinajstić information content (AvgIpc) is 2.36. The lowest BCUT2D eigenvalue weighted by molar-refractivity contribution is 0.0215. The Kier molecular flexibility index (Phi) is 2.97. The van der Waals surface area contributed by atoms with E-state index >= 15 is 0 Å². The largest absolute Gasteiger partial charge is 0.387 e. The van der Waals surface area contributed by atoms with Gasteiger partial charge in [0.25, 0.3) is 0 Å². The van der Waals surface area contributed by atoms with Crippen LogP contribution in [0.25, 0.3) is 6.08 Å². The first kappa shape index (κ1) is 11.3. The number of rotatable bonds is 1. The van der Waals surface area contributed by atoms with E-state index in [4.69, 9.17) is 0 Å². The van der Waals surface area contributed by atoms with Crippen LogP contribution in [0.5, 0.6) is 0 Å². The third-order valence-corrected chi connectivity index (χ3v) is 4.59. The molecule has 0 spiro atoms. The van der Waals surface area contributed by atoms with Crippen LogP contribution in [0.3, 0.4) is 0 Å². The summed E-state index contributed by atoms with van der Waals surface area (Å²) in [4.78, 5) is 2.32. The summed E-state index contributed by atoms with van der Waals surface area (Å²) in [5, 5.41) is 10.3. The molecule has 2 bridgehead atoms. The third kappa shape index (κ3) is 2.02. The molecule has 3 heteroatoms. The first-order valence-electron chi connectivity index (χ1n) is 6.15.